The number of rotatable bonds is 5. The number of aryl methyl sites for hydroxylation is 1. The Morgan fingerprint density at radius 1 is 1.38 bits per heavy atom. The molecule has 26 heavy (non-hydrogen) atoms. The van der Waals surface area contributed by atoms with Crippen LogP contribution in [0.15, 0.2) is 27.5 Å². The fourth-order valence-electron chi connectivity index (χ4n) is 3.26. The van der Waals surface area contributed by atoms with Crippen LogP contribution >= 0.6 is 46.2 Å². The Hall–Kier alpha value is -1.09. The van der Waals surface area contributed by atoms with Gasteiger partial charge in [0.15, 0.2) is 10.9 Å². The van der Waals surface area contributed by atoms with Crippen LogP contribution in [0.4, 0.5) is 0 Å². The molecule has 1 saturated carbocycles. The summed E-state index contributed by atoms with van der Waals surface area (Å²) in [5.74, 6) is 2.49. The van der Waals surface area contributed by atoms with E-state index in [0.29, 0.717) is 10.9 Å². The van der Waals surface area contributed by atoms with Crippen LogP contribution in [-0.4, -0.2) is 26.8 Å². The maximum Gasteiger partial charge on any atom is 0.263 e. The summed E-state index contributed by atoms with van der Waals surface area (Å²) in [7, 11) is 0. The molecule has 0 atom stereocenters. The van der Waals surface area contributed by atoms with E-state index in [9.17, 15) is 9.59 Å². The number of hydrogen-bond donors (Lipinski definition) is 0. The van der Waals surface area contributed by atoms with E-state index in [-0.39, 0.29) is 17.4 Å². The first-order valence-corrected chi connectivity index (χ1v) is 12.4. The third kappa shape index (κ3) is 2.96. The average Bonchev–Trinajstić information content (AvgIpc) is 3.19. The maximum absolute atomic E-state index is 13.3. The molecule has 0 aromatic carbocycles. The van der Waals surface area contributed by atoms with Crippen molar-refractivity contribution in [3.8, 4) is 0 Å². The molecule has 3 aromatic heterocycles. The number of ketones is 1. The lowest BCUT2D eigenvalue weighted by molar-refractivity contribution is 0.102. The van der Waals surface area contributed by atoms with Gasteiger partial charge in [0, 0.05) is 16.7 Å². The van der Waals surface area contributed by atoms with Crippen LogP contribution in [0.25, 0.3) is 10.2 Å². The number of Topliss-reactive ketones (excluding diaryl/α,β-unsaturated/α-hetero) is 1. The molecule has 8 heteroatoms. The highest BCUT2D eigenvalue weighted by atomic mass is 32.2. The van der Waals surface area contributed by atoms with Crippen molar-refractivity contribution in [1.29, 1.82) is 0 Å². The summed E-state index contributed by atoms with van der Waals surface area (Å²) in [5, 5.41) is 3.46. The van der Waals surface area contributed by atoms with Crippen LogP contribution in [0.1, 0.15) is 39.0 Å². The predicted octanol–water partition coefficient (Wildman–Crippen LogP) is 4.62. The van der Waals surface area contributed by atoms with E-state index < -0.39 is 0 Å². The van der Waals surface area contributed by atoms with Gasteiger partial charge in [0.1, 0.15) is 4.83 Å². The number of fused-ring (bicyclic) bond motifs is 3. The van der Waals surface area contributed by atoms with Crippen molar-refractivity contribution in [2.45, 2.75) is 36.2 Å². The van der Waals surface area contributed by atoms with Crippen LogP contribution in [0, 0.1) is 0 Å². The van der Waals surface area contributed by atoms with Crippen molar-refractivity contribution in [2.24, 2.45) is 0 Å². The summed E-state index contributed by atoms with van der Waals surface area (Å²) in [6.07, 6.45) is 3.02. The third-order valence-corrected chi connectivity index (χ3v) is 8.84. The highest BCUT2D eigenvalue weighted by molar-refractivity contribution is 7.99. The Morgan fingerprint density at radius 2 is 2.27 bits per heavy atom. The zero-order chi connectivity index (χ0) is 17.7. The van der Waals surface area contributed by atoms with Crippen molar-refractivity contribution < 1.29 is 4.79 Å². The second kappa shape index (κ2) is 6.82. The van der Waals surface area contributed by atoms with Gasteiger partial charge < -0.3 is 0 Å². The van der Waals surface area contributed by atoms with E-state index in [4.69, 9.17) is 4.98 Å². The largest absolute Gasteiger partial charge is 0.292 e. The molecule has 4 nitrogen and oxygen atoms in total. The predicted molar refractivity (Wildman–Crippen MR) is 111 cm³/mol. The summed E-state index contributed by atoms with van der Waals surface area (Å²) in [4.78, 5) is 33.4. The molecule has 134 valence electrons. The average molecular weight is 421 g/mol. The normalized spacial score (nSPS) is 16.8. The fourth-order valence-corrected chi connectivity index (χ4v) is 7.36. The van der Waals surface area contributed by atoms with Crippen LogP contribution in [0.5, 0.6) is 0 Å². The number of carbonyl (C=O) groups excluding carboxylic acids is 1. The minimum absolute atomic E-state index is 0.101. The van der Waals surface area contributed by atoms with Crippen LogP contribution in [0.2, 0.25) is 0 Å². The molecule has 0 N–H and O–H groups in total. The van der Waals surface area contributed by atoms with E-state index in [1.165, 1.54) is 33.5 Å². The Balaban J connectivity index is 1.55. The Morgan fingerprint density at radius 3 is 3.04 bits per heavy atom. The quantitative estimate of drug-likeness (QED) is 0.342. The van der Waals surface area contributed by atoms with E-state index in [1.54, 1.807) is 11.3 Å². The van der Waals surface area contributed by atoms with Crippen molar-refractivity contribution in [3.63, 3.8) is 0 Å². The zero-order valence-corrected chi connectivity index (χ0v) is 17.2. The first-order valence-electron chi connectivity index (χ1n) is 8.56. The van der Waals surface area contributed by atoms with Crippen molar-refractivity contribution >= 4 is 62.2 Å². The lowest BCUT2D eigenvalue weighted by Gasteiger charge is -2.12. The lowest BCUT2D eigenvalue weighted by atomic mass is 10.1. The van der Waals surface area contributed by atoms with Gasteiger partial charge in [0.25, 0.3) is 5.56 Å². The summed E-state index contributed by atoms with van der Waals surface area (Å²) in [5.41, 5.74) is 1.33. The third-order valence-electron chi connectivity index (χ3n) is 4.68. The minimum Gasteiger partial charge on any atom is -0.292 e. The van der Waals surface area contributed by atoms with Gasteiger partial charge in [-0.2, -0.15) is 11.8 Å². The molecule has 3 aromatic rings. The summed E-state index contributed by atoms with van der Waals surface area (Å²) in [6.45, 7) is 0. The second-order valence-electron chi connectivity index (χ2n) is 6.48. The van der Waals surface area contributed by atoms with Crippen LogP contribution in [0.3, 0.4) is 0 Å². The van der Waals surface area contributed by atoms with E-state index in [0.717, 1.165) is 45.9 Å². The molecular formula is C18H16N2O2S4. The van der Waals surface area contributed by atoms with Crippen molar-refractivity contribution in [3.05, 3.63) is 43.2 Å². The van der Waals surface area contributed by atoms with Gasteiger partial charge in [-0.3, -0.25) is 14.2 Å². The van der Waals surface area contributed by atoms with Gasteiger partial charge in [-0.15, -0.1) is 22.7 Å². The van der Waals surface area contributed by atoms with Crippen molar-refractivity contribution in [2.75, 3.05) is 11.5 Å². The first-order chi connectivity index (χ1) is 12.7. The smallest absolute Gasteiger partial charge is 0.263 e. The summed E-state index contributed by atoms with van der Waals surface area (Å²) < 4.78 is 1.86. The van der Waals surface area contributed by atoms with E-state index >= 15 is 0 Å². The molecule has 4 heterocycles. The maximum atomic E-state index is 13.3. The van der Waals surface area contributed by atoms with Crippen LogP contribution < -0.4 is 5.56 Å². The van der Waals surface area contributed by atoms with Crippen molar-refractivity contribution in [1.82, 2.24) is 9.55 Å². The topological polar surface area (TPSA) is 52.0 Å². The zero-order valence-electron chi connectivity index (χ0n) is 13.9. The van der Waals surface area contributed by atoms with Gasteiger partial charge in [-0.05, 0) is 42.0 Å². The molecule has 0 spiro atoms. The number of thioether (sulfide) groups is 2. The van der Waals surface area contributed by atoms with E-state index in [1.807, 2.05) is 33.8 Å². The molecule has 0 saturated heterocycles. The van der Waals surface area contributed by atoms with Gasteiger partial charge in [-0.1, -0.05) is 17.8 Å². The highest BCUT2D eigenvalue weighted by Crippen LogP contribution is 2.40. The molecule has 1 aliphatic carbocycles. The Labute approximate surface area is 167 Å². The van der Waals surface area contributed by atoms with Gasteiger partial charge in [0.2, 0.25) is 0 Å². The molecule has 0 unspecified atom stereocenters. The van der Waals surface area contributed by atoms with Gasteiger partial charge >= 0.3 is 0 Å². The first kappa shape index (κ1) is 17.0. The number of carbonyl (C=O) groups is 1. The number of thiophene rings is 2. The fraction of sp³-hybridized carbons (Fsp3) is 0.389. The summed E-state index contributed by atoms with van der Waals surface area (Å²) in [6, 6.07) is 4.00. The molecular weight excluding hydrogens is 404 g/mol. The SMILES string of the molecule is O=C(CSc1nc2sc3c(c2c(=O)n1C1CC1)CCSC3)c1cccs1. The molecule has 0 amide bonds. The van der Waals surface area contributed by atoms with Crippen LogP contribution in [-0.2, 0) is 12.2 Å². The monoisotopic (exact) mass is 420 g/mol. The Bertz CT molecular complexity index is 1050. The number of hydrogen-bond acceptors (Lipinski definition) is 7. The standard InChI is InChI=1S/C18H16N2O2S4/c21-12(13-2-1-6-24-13)8-25-18-19-16-15(17(22)20(18)10-3-4-10)11-5-7-23-9-14(11)26-16/h1-2,6,10H,3-5,7-9H2. The number of nitrogens with zero attached hydrogens (tertiary/aromatic N) is 2. The van der Waals surface area contributed by atoms with Gasteiger partial charge in [0.05, 0.1) is 16.0 Å². The second-order valence-corrected chi connectivity index (χ2v) is 10.6. The minimum atomic E-state index is 0.101. The van der Waals surface area contributed by atoms with Gasteiger partial charge in [-0.25, -0.2) is 4.98 Å². The van der Waals surface area contributed by atoms with E-state index in [2.05, 4.69) is 0 Å². The Kier molecular flexibility index (Phi) is 4.47. The molecule has 5 rings (SSSR count). The molecule has 0 radical (unpaired) electrons. The number of aromatic nitrogens is 2. The lowest BCUT2D eigenvalue weighted by Crippen LogP contribution is -2.23. The highest BCUT2D eigenvalue weighted by Gasteiger charge is 2.31. The molecule has 1 aliphatic heterocycles. The molecule has 1 fully saturated rings. The molecule has 2 aliphatic rings. The summed E-state index contributed by atoms with van der Waals surface area (Å²) >= 11 is 6.45. The molecule has 0 bridgehead atoms.